The molecule has 0 saturated heterocycles. The third-order valence-corrected chi connectivity index (χ3v) is 5.20. The second-order valence-electron chi connectivity index (χ2n) is 6.94. The zero-order valence-electron chi connectivity index (χ0n) is 15.9. The van der Waals surface area contributed by atoms with Gasteiger partial charge in [0.2, 0.25) is 0 Å². The lowest BCUT2D eigenvalue weighted by atomic mass is 10.1. The third kappa shape index (κ3) is 6.60. The molecule has 1 aliphatic carbocycles. The van der Waals surface area contributed by atoms with Crippen LogP contribution in [0.15, 0.2) is 42.5 Å². The predicted molar refractivity (Wildman–Crippen MR) is 114 cm³/mol. The van der Waals surface area contributed by atoms with E-state index < -0.39 is 0 Å². The van der Waals surface area contributed by atoms with Gasteiger partial charge in [0, 0.05) is 29.2 Å². The lowest BCUT2D eigenvalue weighted by Gasteiger charge is -2.20. The number of ether oxygens (including phenoxy) is 2. The van der Waals surface area contributed by atoms with E-state index in [1.165, 1.54) is 38.5 Å². The third-order valence-electron chi connectivity index (χ3n) is 4.98. The first kappa shape index (κ1) is 21.9. The largest absolute Gasteiger partial charge is 0.493 e. The van der Waals surface area contributed by atoms with Crippen LogP contribution in [0.4, 0.5) is 0 Å². The van der Waals surface area contributed by atoms with E-state index in [0.29, 0.717) is 23.4 Å². The van der Waals surface area contributed by atoms with Gasteiger partial charge in [0.1, 0.15) is 6.61 Å². The van der Waals surface area contributed by atoms with E-state index >= 15 is 0 Å². The maximum Gasteiger partial charge on any atom is 0.166 e. The van der Waals surface area contributed by atoms with Crippen LogP contribution in [0.3, 0.4) is 0 Å². The number of nitrogens with one attached hydrogen (secondary N) is 1. The minimum Gasteiger partial charge on any atom is -0.493 e. The molecule has 2 aromatic carbocycles. The Balaban J connectivity index is 0.00000261. The Hall–Kier alpha value is -1.42. The Morgan fingerprint density at radius 1 is 1.04 bits per heavy atom. The van der Waals surface area contributed by atoms with Crippen molar-refractivity contribution < 1.29 is 9.47 Å². The van der Waals surface area contributed by atoms with Gasteiger partial charge in [0.05, 0.1) is 7.11 Å². The summed E-state index contributed by atoms with van der Waals surface area (Å²) in [4.78, 5) is 0. The molecule has 0 amide bonds. The monoisotopic (exact) mass is 409 g/mol. The highest BCUT2D eigenvalue weighted by molar-refractivity contribution is 6.30. The molecule has 1 fully saturated rings. The van der Waals surface area contributed by atoms with Crippen LogP contribution >= 0.6 is 24.0 Å². The van der Waals surface area contributed by atoms with Crippen LogP contribution in [0, 0.1) is 0 Å². The second-order valence-corrected chi connectivity index (χ2v) is 7.38. The van der Waals surface area contributed by atoms with Crippen LogP contribution in [-0.4, -0.2) is 13.2 Å². The van der Waals surface area contributed by atoms with Gasteiger partial charge in [-0.25, -0.2) is 0 Å². The van der Waals surface area contributed by atoms with Crippen molar-refractivity contribution in [1.82, 2.24) is 5.32 Å². The maximum absolute atomic E-state index is 6.30. The molecule has 27 heavy (non-hydrogen) atoms. The predicted octanol–water partition coefficient (Wildman–Crippen LogP) is 6.16. The van der Waals surface area contributed by atoms with E-state index in [2.05, 4.69) is 17.4 Å². The van der Waals surface area contributed by atoms with Crippen LogP contribution in [0.1, 0.15) is 49.7 Å². The summed E-state index contributed by atoms with van der Waals surface area (Å²) in [5.74, 6) is 1.47. The molecule has 3 rings (SSSR count). The Kier molecular flexibility index (Phi) is 9.26. The maximum atomic E-state index is 6.30. The summed E-state index contributed by atoms with van der Waals surface area (Å²) in [6.45, 7) is 1.25. The molecule has 0 radical (unpaired) electrons. The number of rotatable bonds is 7. The molecule has 1 saturated carbocycles. The van der Waals surface area contributed by atoms with Crippen LogP contribution in [0.2, 0.25) is 5.02 Å². The summed E-state index contributed by atoms with van der Waals surface area (Å²) in [6, 6.07) is 14.5. The first-order chi connectivity index (χ1) is 12.8. The number of hydrogen-bond donors (Lipinski definition) is 1. The molecule has 1 aliphatic rings. The number of methoxy groups -OCH3 is 1. The highest BCUT2D eigenvalue weighted by Crippen LogP contribution is 2.35. The zero-order valence-corrected chi connectivity index (χ0v) is 17.5. The van der Waals surface area contributed by atoms with E-state index in [4.69, 9.17) is 21.1 Å². The molecule has 0 aromatic heterocycles. The van der Waals surface area contributed by atoms with Crippen molar-refractivity contribution in [2.45, 2.75) is 57.7 Å². The van der Waals surface area contributed by atoms with E-state index in [1.54, 1.807) is 7.11 Å². The van der Waals surface area contributed by atoms with E-state index in [-0.39, 0.29) is 12.4 Å². The van der Waals surface area contributed by atoms with Crippen LogP contribution in [0.5, 0.6) is 11.5 Å². The molecule has 1 N–H and O–H groups in total. The Labute approximate surface area is 173 Å². The Morgan fingerprint density at radius 3 is 2.41 bits per heavy atom. The normalized spacial score (nSPS) is 14.9. The average molecular weight is 410 g/mol. The Morgan fingerprint density at radius 2 is 1.74 bits per heavy atom. The molecular weight excluding hydrogens is 381 g/mol. The molecule has 0 unspecified atom stereocenters. The van der Waals surface area contributed by atoms with Gasteiger partial charge in [-0.2, -0.15) is 0 Å². The molecule has 0 spiro atoms. The van der Waals surface area contributed by atoms with Gasteiger partial charge < -0.3 is 14.8 Å². The Bertz CT molecular complexity index is 686. The van der Waals surface area contributed by atoms with Crippen molar-refractivity contribution in [3.63, 3.8) is 0 Å². The lowest BCUT2D eigenvalue weighted by molar-refractivity contribution is 0.280. The zero-order chi connectivity index (χ0) is 18.2. The van der Waals surface area contributed by atoms with Gasteiger partial charge in [-0.15, -0.1) is 12.4 Å². The lowest BCUT2D eigenvalue weighted by Crippen LogP contribution is -2.28. The number of halogens is 2. The number of benzene rings is 2. The fraction of sp³-hybridized carbons (Fsp3) is 0.455. The molecule has 2 aromatic rings. The van der Waals surface area contributed by atoms with Gasteiger partial charge in [0.25, 0.3) is 0 Å². The van der Waals surface area contributed by atoms with Gasteiger partial charge >= 0.3 is 0 Å². The minimum absolute atomic E-state index is 0. The van der Waals surface area contributed by atoms with Crippen molar-refractivity contribution in [3.8, 4) is 11.5 Å². The fourth-order valence-electron chi connectivity index (χ4n) is 3.54. The number of hydrogen-bond acceptors (Lipinski definition) is 3. The van der Waals surface area contributed by atoms with E-state index in [1.807, 2.05) is 30.3 Å². The topological polar surface area (TPSA) is 30.5 Å². The van der Waals surface area contributed by atoms with Crippen molar-refractivity contribution in [3.05, 3.63) is 58.6 Å². The first-order valence-electron chi connectivity index (χ1n) is 9.53. The second kappa shape index (κ2) is 11.4. The molecule has 148 valence electrons. The minimum atomic E-state index is 0. The van der Waals surface area contributed by atoms with Gasteiger partial charge in [-0.1, -0.05) is 67.6 Å². The standard InChI is InChI=1S/C22H28ClNO2.ClH/c1-25-21-14-19(23)13-18(15-24-20-11-7-2-3-8-12-20)22(21)26-16-17-9-5-4-6-10-17;/h4-6,9-10,13-14,20,24H,2-3,7-8,11-12,15-16H2,1H3;1H. The molecule has 0 bridgehead atoms. The van der Waals surface area contributed by atoms with Crippen molar-refractivity contribution in [2.24, 2.45) is 0 Å². The molecule has 0 heterocycles. The van der Waals surface area contributed by atoms with Gasteiger partial charge in [-0.3, -0.25) is 0 Å². The SMILES string of the molecule is COc1cc(Cl)cc(CNC2CCCCCC2)c1OCc1ccccc1.Cl. The highest BCUT2D eigenvalue weighted by Gasteiger charge is 2.16. The van der Waals surface area contributed by atoms with Gasteiger partial charge in [0.15, 0.2) is 11.5 Å². The van der Waals surface area contributed by atoms with Crippen molar-refractivity contribution >= 4 is 24.0 Å². The summed E-state index contributed by atoms with van der Waals surface area (Å²) >= 11 is 6.30. The summed E-state index contributed by atoms with van der Waals surface area (Å²) in [7, 11) is 1.66. The summed E-state index contributed by atoms with van der Waals surface area (Å²) < 4.78 is 11.7. The molecule has 5 heteroatoms. The quantitative estimate of drug-likeness (QED) is 0.555. The van der Waals surface area contributed by atoms with Gasteiger partial charge in [-0.05, 0) is 24.5 Å². The first-order valence-corrected chi connectivity index (χ1v) is 9.90. The molecular formula is C22H29Cl2NO2. The van der Waals surface area contributed by atoms with Crippen LogP contribution < -0.4 is 14.8 Å². The average Bonchev–Trinajstić information content (AvgIpc) is 2.94. The van der Waals surface area contributed by atoms with Crippen molar-refractivity contribution in [1.29, 1.82) is 0 Å². The van der Waals surface area contributed by atoms with E-state index in [0.717, 1.165) is 23.4 Å². The molecule has 0 aliphatic heterocycles. The molecule has 3 nitrogen and oxygen atoms in total. The van der Waals surface area contributed by atoms with Crippen molar-refractivity contribution in [2.75, 3.05) is 7.11 Å². The molecule has 0 atom stereocenters. The summed E-state index contributed by atoms with van der Waals surface area (Å²) in [5.41, 5.74) is 2.18. The fourth-order valence-corrected chi connectivity index (χ4v) is 3.77. The highest BCUT2D eigenvalue weighted by atomic mass is 35.5. The summed E-state index contributed by atoms with van der Waals surface area (Å²) in [5, 5.41) is 4.37. The van der Waals surface area contributed by atoms with Crippen LogP contribution in [0.25, 0.3) is 0 Å². The van der Waals surface area contributed by atoms with E-state index in [9.17, 15) is 0 Å². The smallest absolute Gasteiger partial charge is 0.166 e. The van der Waals surface area contributed by atoms with Crippen LogP contribution in [-0.2, 0) is 13.2 Å². The summed E-state index contributed by atoms with van der Waals surface area (Å²) in [6.07, 6.45) is 7.83.